The van der Waals surface area contributed by atoms with Crippen LogP contribution in [0.3, 0.4) is 0 Å². The molecule has 8 heteroatoms. The molecule has 1 aromatic carbocycles. The molecule has 0 aliphatic rings. The number of hydrogen-bond acceptors (Lipinski definition) is 5. The summed E-state index contributed by atoms with van der Waals surface area (Å²) in [7, 11) is 3.30. The van der Waals surface area contributed by atoms with Crippen molar-refractivity contribution in [2.75, 3.05) is 7.05 Å². The Hall–Kier alpha value is -2.87. The fraction of sp³-hybridized carbons (Fsp3) is 0.333. The maximum absolute atomic E-state index is 13.2. The molecule has 0 saturated heterocycles. The lowest BCUT2D eigenvalue weighted by Gasteiger charge is -2.25. The van der Waals surface area contributed by atoms with Crippen LogP contribution < -0.4 is 5.56 Å². The molecule has 0 fully saturated rings. The highest BCUT2D eigenvalue weighted by Gasteiger charge is 2.25. The fourth-order valence-electron chi connectivity index (χ4n) is 3.10. The second kappa shape index (κ2) is 7.87. The van der Waals surface area contributed by atoms with Crippen molar-refractivity contribution in [3.05, 3.63) is 67.8 Å². The van der Waals surface area contributed by atoms with Crippen LogP contribution in [0.15, 0.2) is 29.1 Å². The summed E-state index contributed by atoms with van der Waals surface area (Å²) in [6.07, 6.45) is 0. The summed E-state index contributed by atoms with van der Waals surface area (Å²) < 4.78 is 14.5. The van der Waals surface area contributed by atoms with Crippen LogP contribution in [0, 0.1) is 26.6 Å². The van der Waals surface area contributed by atoms with Crippen molar-refractivity contribution in [1.29, 1.82) is 0 Å². The summed E-state index contributed by atoms with van der Waals surface area (Å²) in [5.41, 5.74) is 3.14. The first kappa shape index (κ1) is 20.9. The van der Waals surface area contributed by atoms with Crippen LogP contribution in [-0.2, 0) is 7.05 Å². The normalized spacial score (nSPS) is 12.1. The van der Waals surface area contributed by atoms with Crippen LogP contribution in [0.5, 0.6) is 0 Å². The highest BCUT2D eigenvalue weighted by atomic mass is 32.1. The smallest absolute Gasteiger partial charge is 0.277 e. The minimum atomic E-state index is -0.317. The topological polar surface area (TPSA) is 68.1 Å². The monoisotopic (exact) mass is 414 g/mol. The van der Waals surface area contributed by atoms with Crippen LogP contribution in [0.25, 0.3) is 10.6 Å². The molecule has 0 aliphatic heterocycles. The number of halogens is 1. The molecule has 1 amide bonds. The van der Waals surface area contributed by atoms with Crippen LogP contribution >= 0.6 is 11.3 Å². The number of hydrogen-bond donors (Lipinski definition) is 0. The standard InChI is InChI=1S/C21H23FN4O2S/c1-11-12(2)24-26(6)20(27)17(11)19-23-13(3)18(29-19)21(28)25(5)14(4)15-7-9-16(22)10-8-15/h7-10,14H,1-6H3. The number of rotatable bonds is 4. The fourth-order valence-corrected chi connectivity index (χ4v) is 4.25. The summed E-state index contributed by atoms with van der Waals surface area (Å²) in [5, 5.41) is 4.70. The van der Waals surface area contributed by atoms with Gasteiger partial charge in [0, 0.05) is 14.1 Å². The average molecular weight is 415 g/mol. The number of aromatic nitrogens is 3. The minimum absolute atomic E-state index is 0.191. The number of amides is 1. The van der Waals surface area contributed by atoms with Gasteiger partial charge in [0.2, 0.25) is 0 Å². The van der Waals surface area contributed by atoms with Crippen molar-refractivity contribution in [1.82, 2.24) is 19.7 Å². The van der Waals surface area contributed by atoms with E-state index in [2.05, 4.69) is 10.1 Å². The second-order valence-electron chi connectivity index (χ2n) is 7.09. The van der Waals surface area contributed by atoms with Crippen molar-refractivity contribution in [2.45, 2.75) is 33.7 Å². The molecule has 0 saturated carbocycles. The average Bonchev–Trinajstić information content (AvgIpc) is 3.06. The molecule has 1 unspecified atom stereocenters. The molecule has 0 radical (unpaired) electrons. The summed E-state index contributed by atoms with van der Waals surface area (Å²) in [6, 6.07) is 5.85. The second-order valence-corrected chi connectivity index (χ2v) is 8.09. The first-order chi connectivity index (χ1) is 13.6. The van der Waals surface area contributed by atoms with Gasteiger partial charge in [0.25, 0.3) is 11.5 Å². The zero-order valence-corrected chi connectivity index (χ0v) is 18.1. The third-order valence-corrected chi connectivity index (χ3v) is 6.35. The van der Waals surface area contributed by atoms with Gasteiger partial charge in [-0.05, 0) is 51.0 Å². The molecule has 0 aliphatic carbocycles. The Morgan fingerprint density at radius 3 is 2.41 bits per heavy atom. The first-order valence-corrected chi connectivity index (χ1v) is 9.98. The Bertz CT molecular complexity index is 1130. The zero-order chi connectivity index (χ0) is 21.5. The highest BCUT2D eigenvalue weighted by molar-refractivity contribution is 7.17. The van der Waals surface area contributed by atoms with Gasteiger partial charge in [-0.15, -0.1) is 11.3 Å². The molecule has 29 heavy (non-hydrogen) atoms. The third-order valence-electron chi connectivity index (χ3n) is 5.18. The molecular weight excluding hydrogens is 391 g/mol. The van der Waals surface area contributed by atoms with Crippen molar-refractivity contribution >= 4 is 17.2 Å². The number of carbonyl (C=O) groups excluding carboxylic acids is 1. The molecule has 152 valence electrons. The van der Waals surface area contributed by atoms with Crippen molar-refractivity contribution < 1.29 is 9.18 Å². The Morgan fingerprint density at radius 2 is 1.79 bits per heavy atom. The van der Waals surface area contributed by atoms with E-state index in [1.807, 2.05) is 20.8 Å². The van der Waals surface area contributed by atoms with Crippen LogP contribution in [0.1, 0.15) is 45.2 Å². The van der Waals surface area contributed by atoms with E-state index in [4.69, 9.17) is 0 Å². The molecule has 1 atom stereocenters. The van der Waals surface area contributed by atoms with Crippen LogP contribution in [0.4, 0.5) is 4.39 Å². The minimum Gasteiger partial charge on any atom is -0.334 e. The molecular formula is C21H23FN4O2S. The molecule has 2 heterocycles. The number of benzene rings is 1. The summed E-state index contributed by atoms with van der Waals surface area (Å²) in [5.74, 6) is -0.509. The molecule has 3 rings (SSSR count). The van der Waals surface area contributed by atoms with Gasteiger partial charge in [-0.25, -0.2) is 14.1 Å². The third kappa shape index (κ3) is 3.85. The lowest BCUT2D eigenvalue weighted by molar-refractivity contribution is 0.0746. The molecule has 0 bridgehead atoms. The number of nitrogens with zero attached hydrogens (tertiary/aromatic N) is 4. The van der Waals surface area contributed by atoms with Gasteiger partial charge < -0.3 is 4.90 Å². The predicted molar refractivity (Wildman–Crippen MR) is 112 cm³/mol. The number of aryl methyl sites for hydroxylation is 3. The molecule has 0 spiro atoms. The van der Waals surface area contributed by atoms with Crippen molar-refractivity contribution in [3.63, 3.8) is 0 Å². The van der Waals surface area contributed by atoms with Crippen LogP contribution in [-0.4, -0.2) is 32.6 Å². The van der Waals surface area contributed by atoms with Gasteiger partial charge in [0.15, 0.2) is 0 Å². The lowest BCUT2D eigenvalue weighted by Crippen LogP contribution is -2.29. The zero-order valence-electron chi connectivity index (χ0n) is 17.3. The van der Waals surface area contributed by atoms with Crippen LogP contribution in [0.2, 0.25) is 0 Å². The Balaban J connectivity index is 1.98. The summed E-state index contributed by atoms with van der Waals surface area (Å²) in [4.78, 5) is 32.3. The van der Waals surface area contributed by atoms with Gasteiger partial charge in [-0.2, -0.15) is 5.10 Å². The first-order valence-electron chi connectivity index (χ1n) is 9.16. The SMILES string of the molecule is Cc1nc(-c2c(C)c(C)nn(C)c2=O)sc1C(=O)N(C)C(C)c1ccc(F)cc1. The Labute approximate surface area is 172 Å². The predicted octanol–water partition coefficient (Wildman–Crippen LogP) is 3.80. The largest absolute Gasteiger partial charge is 0.334 e. The molecule has 2 aromatic heterocycles. The van der Waals surface area contributed by atoms with E-state index in [0.29, 0.717) is 21.1 Å². The van der Waals surface area contributed by atoms with Gasteiger partial charge in [0.05, 0.1) is 23.0 Å². The quantitative estimate of drug-likeness (QED) is 0.651. The maximum Gasteiger partial charge on any atom is 0.277 e. The van der Waals surface area contributed by atoms with E-state index in [-0.39, 0.29) is 23.3 Å². The van der Waals surface area contributed by atoms with E-state index in [1.54, 1.807) is 38.1 Å². The van der Waals surface area contributed by atoms with Gasteiger partial charge >= 0.3 is 0 Å². The Kier molecular flexibility index (Phi) is 5.66. The van der Waals surface area contributed by atoms with Crippen molar-refractivity contribution in [3.8, 4) is 10.6 Å². The highest BCUT2D eigenvalue weighted by Crippen LogP contribution is 2.31. The van der Waals surface area contributed by atoms with E-state index >= 15 is 0 Å². The number of carbonyl (C=O) groups is 1. The summed E-state index contributed by atoms with van der Waals surface area (Å²) >= 11 is 1.21. The van der Waals surface area contributed by atoms with Gasteiger partial charge in [0.1, 0.15) is 15.7 Å². The van der Waals surface area contributed by atoms with Crippen molar-refractivity contribution in [2.24, 2.45) is 7.05 Å². The van der Waals surface area contributed by atoms with E-state index in [9.17, 15) is 14.0 Å². The van der Waals surface area contributed by atoms with E-state index in [1.165, 1.54) is 28.2 Å². The number of thiazole rings is 1. The Morgan fingerprint density at radius 1 is 1.17 bits per heavy atom. The van der Waals surface area contributed by atoms with Gasteiger partial charge in [-0.3, -0.25) is 9.59 Å². The maximum atomic E-state index is 13.2. The summed E-state index contributed by atoms with van der Waals surface area (Å²) in [6.45, 7) is 7.31. The molecule has 6 nitrogen and oxygen atoms in total. The van der Waals surface area contributed by atoms with E-state index < -0.39 is 0 Å². The van der Waals surface area contributed by atoms with E-state index in [0.717, 1.165) is 16.8 Å². The molecule has 3 aromatic rings. The molecule has 0 N–H and O–H groups in total. The van der Waals surface area contributed by atoms with Gasteiger partial charge in [-0.1, -0.05) is 12.1 Å². The lowest BCUT2D eigenvalue weighted by atomic mass is 10.1.